The number of aryl methyl sites for hydroxylation is 1. The Morgan fingerprint density at radius 3 is 2.83 bits per heavy atom. The van der Waals surface area contributed by atoms with Crippen LogP contribution in [0.25, 0.3) is 11.1 Å². The van der Waals surface area contributed by atoms with Crippen LogP contribution in [0.3, 0.4) is 0 Å². The summed E-state index contributed by atoms with van der Waals surface area (Å²) in [6.45, 7) is 2.96. The van der Waals surface area contributed by atoms with Crippen LogP contribution in [0, 0.1) is 0 Å². The Labute approximate surface area is 172 Å². The molecule has 1 atom stereocenters. The fourth-order valence-corrected chi connectivity index (χ4v) is 3.94. The molecule has 0 saturated carbocycles. The zero-order valence-corrected chi connectivity index (χ0v) is 17.5. The third-order valence-electron chi connectivity index (χ3n) is 5.41. The third-order valence-corrected chi connectivity index (χ3v) is 5.41. The number of ether oxygens (including phenoxy) is 1. The quantitative estimate of drug-likeness (QED) is 0.643. The molecular weight excluding hydrogens is 364 g/mol. The standard InChI is InChI=1S/C22H28N6O/c1-26(2)22-23-12-20(17-6-5-7-19(10-17)29-4)21(25-22)18-8-9-28(15-18)14-16-11-24-27(3)13-16/h5-7,10-13,18H,8-9,14-15H2,1-4H3. The molecule has 2 aromatic heterocycles. The predicted molar refractivity (Wildman–Crippen MR) is 114 cm³/mol. The van der Waals surface area contributed by atoms with Crippen molar-refractivity contribution >= 4 is 5.95 Å². The van der Waals surface area contributed by atoms with Crippen LogP contribution in [0.5, 0.6) is 5.75 Å². The molecule has 0 radical (unpaired) electrons. The third kappa shape index (κ3) is 4.24. The van der Waals surface area contributed by atoms with Gasteiger partial charge in [-0.3, -0.25) is 9.58 Å². The van der Waals surface area contributed by atoms with Crippen molar-refractivity contribution in [3.05, 3.63) is 54.1 Å². The van der Waals surface area contributed by atoms with Crippen LogP contribution in [0.15, 0.2) is 42.9 Å². The Hall–Kier alpha value is -2.93. The number of anilines is 1. The highest BCUT2D eigenvalue weighted by Crippen LogP contribution is 2.35. The van der Waals surface area contributed by atoms with Gasteiger partial charge in [0.15, 0.2) is 0 Å². The van der Waals surface area contributed by atoms with Gasteiger partial charge in [0, 0.05) is 63.7 Å². The first kappa shape index (κ1) is 19.4. The van der Waals surface area contributed by atoms with Gasteiger partial charge in [0.2, 0.25) is 5.95 Å². The molecule has 3 heterocycles. The first-order valence-corrected chi connectivity index (χ1v) is 9.92. The largest absolute Gasteiger partial charge is 0.497 e. The Morgan fingerprint density at radius 2 is 2.10 bits per heavy atom. The van der Waals surface area contributed by atoms with Gasteiger partial charge in [0.25, 0.3) is 0 Å². The summed E-state index contributed by atoms with van der Waals surface area (Å²) < 4.78 is 7.28. The van der Waals surface area contributed by atoms with Crippen LogP contribution in [-0.4, -0.2) is 58.9 Å². The van der Waals surface area contributed by atoms with Crippen molar-refractivity contribution in [1.29, 1.82) is 0 Å². The predicted octanol–water partition coefficient (Wildman–Crippen LogP) is 2.94. The fourth-order valence-electron chi connectivity index (χ4n) is 3.94. The van der Waals surface area contributed by atoms with Gasteiger partial charge in [-0.2, -0.15) is 5.10 Å². The molecule has 29 heavy (non-hydrogen) atoms. The Balaban J connectivity index is 1.63. The summed E-state index contributed by atoms with van der Waals surface area (Å²) in [4.78, 5) is 14.0. The fraction of sp³-hybridized carbons (Fsp3) is 0.409. The molecule has 1 unspecified atom stereocenters. The Morgan fingerprint density at radius 1 is 1.24 bits per heavy atom. The van der Waals surface area contributed by atoms with Crippen molar-refractivity contribution < 1.29 is 4.74 Å². The molecule has 1 aromatic carbocycles. The average Bonchev–Trinajstić information content (AvgIpc) is 3.36. The molecule has 3 aromatic rings. The lowest BCUT2D eigenvalue weighted by molar-refractivity contribution is 0.326. The highest BCUT2D eigenvalue weighted by Gasteiger charge is 2.28. The first-order valence-electron chi connectivity index (χ1n) is 9.92. The Bertz CT molecular complexity index is 983. The van der Waals surface area contributed by atoms with Crippen molar-refractivity contribution in [2.45, 2.75) is 18.9 Å². The van der Waals surface area contributed by atoms with E-state index in [1.807, 2.05) is 55.3 Å². The topological polar surface area (TPSA) is 59.3 Å². The van der Waals surface area contributed by atoms with Crippen LogP contribution >= 0.6 is 0 Å². The van der Waals surface area contributed by atoms with Gasteiger partial charge >= 0.3 is 0 Å². The van der Waals surface area contributed by atoms with E-state index in [1.54, 1.807) is 7.11 Å². The van der Waals surface area contributed by atoms with E-state index >= 15 is 0 Å². The number of hydrogen-bond acceptors (Lipinski definition) is 6. The first-order chi connectivity index (χ1) is 14.0. The monoisotopic (exact) mass is 392 g/mol. The second-order valence-corrected chi connectivity index (χ2v) is 7.84. The van der Waals surface area contributed by atoms with Gasteiger partial charge in [0.1, 0.15) is 5.75 Å². The molecule has 7 nitrogen and oxygen atoms in total. The molecule has 1 saturated heterocycles. The summed E-state index contributed by atoms with van der Waals surface area (Å²) in [6.07, 6.45) is 7.07. The summed E-state index contributed by atoms with van der Waals surface area (Å²) >= 11 is 0. The zero-order chi connectivity index (χ0) is 20.4. The van der Waals surface area contributed by atoms with Gasteiger partial charge in [-0.1, -0.05) is 12.1 Å². The van der Waals surface area contributed by atoms with E-state index in [4.69, 9.17) is 9.72 Å². The number of benzene rings is 1. The van der Waals surface area contributed by atoms with Crippen LogP contribution in [0.4, 0.5) is 5.95 Å². The second-order valence-electron chi connectivity index (χ2n) is 7.84. The molecule has 0 spiro atoms. The summed E-state index contributed by atoms with van der Waals surface area (Å²) in [5.74, 6) is 1.96. The van der Waals surface area contributed by atoms with Crippen molar-refractivity contribution in [1.82, 2.24) is 24.6 Å². The molecule has 0 N–H and O–H groups in total. The van der Waals surface area contributed by atoms with Crippen molar-refractivity contribution in [3.63, 3.8) is 0 Å². The molecule has 1 aliphatic rings. The van der Waals surface area contributed by atoms with Crippen LogP contribution in [-0.2, 0) is 13.6 Å². The van der Waals surface area contributed by atoms with Gasteiger partial charge in [-0.25, -0.2) is 9.97 Å². The minimum absolute atomic E-state index is 0.370. The lowest BCUT2D eigenvalue weighted by atomic mass is 9.96. The van der Waals surface area contributed by atoms with Gasteiger partial charge < -0.3 is 9.64 Å². The molecule has 0 bridgehead atoms. The van der Waals surface area contributed by atoms with Crippen LogP contribution in [0.1, 0.15) is 23.6 Å². The van der Waals surface area contributed by atoms with E-state index < -0.39 is 0 Å². The molecule has 1 fully saturated rings. The van der Waals surface area contributed by atoms with Gasteiger partial charge in [0.05, 0.1) is 19.0 Å². The molecular formula is C22H28N6O. The summed E-state index contributed by atoms with van der Waals surface area (Å²) in [6, 6.07) is 8.13. The van der Waals surface area contributed by atoms with Crippen molar-refractivity contribution in [2.75, 3.05) is 39.2 Å². The summed E-state index contributed by atoms with van der Waals surface area (Å²) in [7, 11) is 7.61. The van der Waals surface area contributed by atoms with Crippen molar-refractivity contribution in [2.24, 2.45) is 7.05 Å². The van der Waals surface area contributed by atoms with Crippen molar-refractivity contribution in [3.8, 4) is 16.9 Å². The maximum atomic E-state index is 5.42. The number of aromatic nitrogens is 4. The molecule has 4 rings (SSSR count). The van der Waals surface area contributed by atoms with E-state index in [2.05, 4.69) is 33.3 Å². The van der Waals surface area contributed by atoms with Gasteiger partial charge in [-0.05, 0) is 30.7 Å². The maximum Gasteiger partial charge on any atom is 0.225 e. The highest BCUT2D eigenvalue weighted by molar-refractivity contribution is 5.68. The molecule has 1 aliphatic heterocycles. The zero-order valence-electron chi connectivity index (χ0n) is 17.5. The van der Waals surface area contributed by atoms with Gasteiger partial charge in [-0.15, -0.1) is 0 Å². The maximum absolute atomic E-state index is 5.42. The molecule has 0 aliphatic carbocycles. The number of nitrogens with zero attached hydrogens (tertiary/aromatic N) is 6. The van der Waals surface area contributed by atoms with E-state index in [0.29, 0.717) is 5.92 Å². The lowest BCUT2D eigenvalue weighted by Gasteiger charge is -2.19. The molecule has 152 valence electrons. The van der Waals surface area contributed by atoms with E-state index in [0.717, 1.165) is 54.6 Å². The summed E-state index contributed by atoms with van der Waals surface area (Å²) in [5.41, 5.74) is 4.54. The van der Waals surface area contributed by atoms with Crippen LogP contribution in [0.2, 0.25) is 0 Å². The molecule has 7 heteroatoms. The highest BCUT2D eigenvalue weighted by atomic mass is 16.5. The van der Waals surface area contributed by atoms with E-state index in [9.17, 15) is 0 Å². The minimum Gasteiger partial charge on any atom is -0.497 e. The van der Waals surface area contributed by atoms with Crippen LogP contribution < -0.4 is 9.64 Å². The SMILES string of the molecule is COc1cccc(-c2cnc(N(C)C)nc2C2CCN(Cc3cnn(C)c3)C2)c1. The van der Waals surface area contributed by atoms with E-state index in [-0.39, 0.29) is 0 Å². The average molecular weight is 393 g/mol. The number of methoxy groups -OCH3 is 1. The number of likely N-dealkylation sites (tertiary alicyclic amines) is 1. The normalized spacial score (nSPS) is 16.9. The second kappa shape index (κ2) is 8.21. The minimum atomic E-state index is 0.370. The van der Waals surface area contributed by atoms with E-state index in [1.165, 1.54) is 5.56 Å². The number of hydrogen-bond donors (Lipinski definition) is 0. The Kier molecular flexibility index (Phi) is 5.49. The molecule has 0 amide bonds. The summed E-state index contributed by atoms with van der Waals surface area (Å²) in [5, 5.41) is 4.29. The lowest BCUT2D eigenvalue weighted by Crippen LogP contribution is -2.20. The number of rotatable bonds is 6. The smallest absolute Gasteiger partial charge is 0.225 e.